The number of hydrogen-bond acceptors (Lipinski definition) is 4. The lowest BCUT2D eigenvalue weighted by Crippen LogP contribution is -2.32. The minimum absolute atomic E-state index is 0.340. The zero-order chi connectivity index (χ0) is 9.90. The first kappa shape index (κ1) is 9.98. The van der Waals surface area contributed by atoms with E-state index in [0.717, 1.165) is 0 Å². The SMILES string of the molecule is CC(C)(CCl)/C(=N/O)n1cncn1. The van der Waals surface area contributed by atoms with Crippen LogP contribution in [0.15, 0.2) is 17.8 Å². The second kappa shape index (κ2) is 3.74. The average Bonchev–Trinajstić information content (AvgIpc) is 2.58. The van der Waals surface area contributed by atoms with E-state index in [1.165, 1.54) is 17.3 Å². The summed E-state index contributed by atoms with van der Waals surface area (Å²) in [6.07, 6.45) is 2.83. The van der Waals surface area contributed by atoms with Gasteiger partial charge in [0.05, 0.1) is 0 Å². The minimum atomic E-state index is -0.440. The quantitative estimate of drug-likeness (QED) is 0.258. The summed E-state index contributed by atoms with van der Waals surface area (Å²) in [5.41, 5.74) is -0.440. The van der Waals surface area contributed by atoms with Gasteiger partial charge in [-0.25, -0.2) is 9.67 Å². The van der Waals surface area contributed by atoms with Gasteiger partial charge in [-0.05, 0) is 0 Å². The molecule has 0 aliphatic carbocycles. The fourth-order valence-electron chi connectivity index (χ4n) is 0.869. The van der Waals surface area contributed by atoms with Gasteiger partial charge < -0.3 is 5.21 Å². The molecule has 0 saturated carbocycles. The normalized spacial score (nSPS) is 13.3. The molecule has 0 aliphatic heterocycles. The summed E-state index contributed by atoms with van der Waals surface area (Å²) in [6, 6.07) is 0. The highest BCUT2D eigenvalue weighted by molar-refractivity contribution is 6.20. The number of nitrogens with zero attached hydrogens (tertiary/aromatic N) is 4. The molecule has 0 spiro atoms. The first-order chi connectivity index (χ1) is 6.11. The summed E-state index contributed by atoms with van der Waals surface area (Å²) in [5.74, 6) is 0.715. The van der Waals surface area contributed by atoms with Crippen molar-refractivity contribution in [3.05, 3.63) is 12.7 Å². The van der Waals surface area contributed by atoms with Crippen LogP contribution >= 0.6 is 11.6 Å². The molecule has 1 rings (SSSR count). The van der Waals surface area contributed by atoms with Crippen LogP contribution in [0.4, 0.5) is 0 Å². The maximum atomic E-state index is 8.81. The predicted octanol–water partition coefficient (Wildman–Crippen LogP) is 1.18. The third-order valence-corrected chi connectivity index (χ3v) is 2.34. The van der Waals surface area contributed by atoms with Gasteiger partial charge >= 0.3 is 0 Å². The van der Waals surface area contributed by atoms with Gasteiger partial charge in [-0.1, -0.05) is 19.0 Å². The van der Waals surface area contributed by atoms with Gasteiger partial charge in [0.15, 0.2) is 5.84 Å². The molecule has 0 unspecified atom stereocenters. The lowest BCUT2D eigenvalue weighted by Gasteiger charge is -2.21. The van der Waals surface area contributed by atoms with Crippen LogP contribution in [-0.4, -0.2) is 31.7 Å². The van der Waals surface area contributed by atoms with Gasteiger partial charge in [-0.3, -0.25) is 0 Å². The number of alkyl halides is 1. The summed E-state index contributed by atoms with van der Waals surface area (Å²) in [4.78, 5) is 3.76. The maximum absolute atomic E-state index is 8.81. The third kappa shape index (κ3) is 1.98. The Bertz CT molecular complexity index is 293. The van der Waals surface area contributed by atoms with Crippen molar-refractivity contribution in [3.63, 3.8) is 0 Å². The summed E-state index contributed by atoms with van der Waals surface area (Å²) in [7, 11) is 0. The molecule has 0 aromatic carbocycles. The van der Waals surface area contributed by atoms with Crippen molar-refractivity contribution in [2.45, 2.75) is 13.8 Å². The molecular formula is C7H11ClN4O. The van der Waals surface area contributed by atoms with Crippen molar-refractivity contribution in [1.29, 1.82) is 0 Å². The van der Waals surface area contributed by atoms with Crippen LogP contribution in [0.1, 0.15) is 13.8 Å². The number of aromatic nitrogens is 3. The average molecular weight is 203 g/mol. The number of halogens is 1. The van der Waals surface area contributed by atoms with E-state index < -0.39 is 5.41 Å². The van der Waals surface area contributed by atoms with Gasteiger partial charge in [0.2, 0.25) is 0 Å². The monoisotopic (exact) mass is 202 g/mol. The molecule has 1 aromatic rings. The van der Waals surface area contributed by atoms with Crippen LogP contribution < -0.4 is 0 Å². The minimum Gasteiger partial charge on any atom is -0.409 e. The molecule has 0 saturated heterocycles. The van der Waals surface area contributed by atoms with Crippen LogP contribution in [0.25, 0.3) is 0 Å². The first-order valence-corrected chi connectivity index (χ1v) is 4.29. The Hall–Kier alpha value is -1.10. The molecule has 0 fully saturated rings. The highest BCUT2D eigenvalue weighted by atomic mass is 35.5. The summed E-state index contributed by atoms with van der Waals surface area (Å²) in [5, 5.41) is 15.8. The highest BCUT2D eigenvalue weighted by Gasteiger charge is 2.27. The molecule has 5 nitrogen and oxygen atoms in total. The molecule has 1 heterocycles. The maximum Gasteiger partial charge on any atom is 0.177 e. The van der Waals surface area contributed by atoms with E-state index in [1.54, 1.807) is 0 Å². The third-order valence-electron chi connectivity index (χ3n) is 1.67. The molecule has 0 radical (unpaired) electrons. The smallest absolute Gasteiger partial charge is 0.177 e. The Morgan fingerprint density at radius 2 is 2.38 bits per heavy atom. The van der Waals surface area contributed by atoms with E-state index in [9.17, 15) is 0 Å². The predicted molar refractivity (Wildman–Crippen MR) is 49.1 cm³/mol. The van der Waals surface area contributed by atoms with E-state index in [4.69, 9.17) is 16.8 Å². The van der Waals surface area contributed by atoms with Gasteiger partial charge in [-0.15, -0.1) is 11.6 Å². The molecular weight excluding hydrogens is 192 g/mol. The largest absolute Gasteiger partial charge is 0.409 e. The second-order valence-electron chi connectivity index (χ2n) is 3.28. The van der Waals surface area contributed by atoms with Crippen LogP contribution in [0.5, 0.6) is 0 Å². The zero-order valence-electron chi connectivity index (χ0n) is 7.48. The van der Waals surface area contributed by atoms with Crippen LogP contribution in [-0.2, 0) is 0 Å². The van der Waals surface area contributed by atoms with Gasteiger partial charge in [0.25, 0.3) is 0 Å². The van der Waals surface area contributed by atoms with Gasteiger partial charge in [0.1, 0.15) is 12.7 Å². The molecule has 72 valence electrons. The van der Waals surface area contributed by atoms with Gasteiger partial charge in [-0.2, -0.15) is 5.10 Å². The van der Waals surface area contributed by atoms with Crippen molar-refractivity contribution in [2.75, 3.05) is 5.88 Å². The Morgan fingerprint density at radius 1 is 1.69 bits per heavy atom. The van der Waals surface area contributed by atoms with Crippen molar-refractivity contribution < 1.29 is 5.21 Å². The van der Waals surface area contributed by atoms with Crippen molar-refractivity contribution in [1.82, 2.24) is 14.8 Å². The van der Waals surface area contributed by atoms with Crippen molar-refractivity contribution >= 4 is 17.4 Å². The Morgan fingerprint density at radius 3 is 2.77 bits per heavy atom. The van der Waals surface area contributed by atoms with E-state index in [1.807, 2.05) is 13.8 Å². The lowest BCUT2D eigenvalue weighted by molar-refractivity contribution is 0.306. The van der Waals surface area contributed by atoms with E-state index >= 15 is 0 Å². The van der Waals surface area contributed by atoms with E-state index in [0.29, 0.717) is 11.7 Å². The summed E-state index contributed by atoms with van der Waals surface area (Å²) in [6.45, 7) is 3.72. The van der Waals surface area contributed by atoms with Gasteiger partial charge in [0, 0.05) is 11.3 Å². The summed E-state index contributed by atoms with van der Waals surface area (Å²) >= 11 is 5.73. The second-order valence-corrected chi connectivity index (χ2v) is 3.55. The number of oxime groups is 1. The molecule has 0 aliphatic rings. The molecule has 1 aromatic heterocycles. The molecule has 1 N–H and O–H groups in total. The number of hydrogen-bond donors (Lipinski definition) is 1. The molecule has 0 atom stereocenters. The molecule has 0 bridgehead atoms. The fraction of sp³-hybridized carbons (Fsp3) is 0.571. The molecule has 0 amide bonds. The highest BCUT2D eigenvalue weighted by Crippen LogP contribution is 2.19. The number of rotatable bonds is 2. The summed E-state index contributed by atoms with van der Waals surface area (Å²) < 4.78 is 1.39. The van der Waals surface area contributed by atoms with E-state index in [2.05, 4.69) is 15.2 Å². The first-order valence-electron chi connectivity index (χ1n) is 3.75. The molecule has 13 heavy (non-hydrogen) atoms. The van der Waals surface area contributed by atoms with Crippen molar-refractivity contribution in [3.8, 4) is 0 Å². The standard InChI is InChI=1S/C7H11ClN4O/c1-7(2,3-8)6(11-13)12-5-9-4-10-12/h4-5,13H,3H2,1-2H3/b11-6-. The Labute approximate surface area is 81.0 Å². The van der Waals surface area contributed by atoms with Crippen molar-refractivity contribution in [2.24, 2.45) is 10.6 Å². The Kier molecular flexibility index (Phi) is 2.87. The van der Waals surface area contributed by atoms with Crippen LogP contribution in [0.2, 0.25) is 0 Å². The topological polar surface area (TPSA) is 63.3 Å². The van der Waals surface area contributed by atoms with Crippen LogP contribution in [0.3, 0.4) is 0 Å². The van der Waals surface area contributed by atoms with E-state index in [-0.39, 0.29) is 0 Å². The molecule has 6 heteroatoms. The zero-order valence-corrected chi connectivity index (χ0v) is 8.23. The fourth-order valence-corrected chi connectivity index (χ4v) is 0.988. The Balaban J connectivity index is 3.01. The van der Waals surface area contributed by atoms with Crippen LogP contribution in [0, 0.1) is 5.41 Å². The lowest BCUT2D eigenvalue weighted by atomic mass is 9.95.